The molecule has 0 aliphatic heterocycles. The fraction of sp³-hybridized carbons (Fsp3) is 0.125. The Morgan fingerprint density at radius 1 is 1.25 bits per heavy atom. The Hall–Kier alpha value is -0.818. The van der Waals surface area contributed by atoms with E-state index in [9.17, 15) is 4.79 Å². The number of aliphatic hydroxyl groups is 1. The van der Waals surface area contributed by atoms with Crippen LogP contribution >= 0.6 is 0 Å². The first kappa shape index (κ1) is 11.2. The van der Waals surface area contributed by atoms with E-state index < -0.39 is 12.1 Å². The smallest absolute Gasteiger partial charge is 0.337 e. The first-order chi connectivity index (χ1) is 5.22. The molecule has 1 rings (SSSR count). The van der Waals surface area contributed by atoms with Gasteiger partial charge in [0, 0.05) is 0 Å². The van der Waals surface area contributed by atoms with Gasteiger partial charge in [0.2, 0.25) is 0 Å². The van der Waals surface area contributed by atoms with Gasteiger partial charge in [-0.15, -0.1) is 0 Å². The molecule has 12 heavy (non-hydrogen) atoms. The highest BCUT2D eigenvalue weighted by molar-refractivity contribution is 5.75. The van der Waals surface area contributed by atoms with Crippen LogP contribution in [-0.4, -0.2) is 33.5 Å². The summed E-state index contributed by atoms with van der Waals surface area (Å²) >= 11 is 0. The lowest BCUT2D eigenvalue weighted by Gasteiger charge is -2.03. The summed E-state index contributed by atoms with van der Waals surface area (Å²) in [7, 11) is 0. The Kier molecular flexibility index (Phi) is 4.60. The van der Waals surface area contributed by atoms with Crippen LogP contribution < -0.4 is 0 Å². The van der Waals surface area contributed by atoms with Gasteiger partial charge in [0.15, 0.2) is 23.5 Å². The van der Waals surface area contributed by atoms with Crippen molar-refractivity contribution >= 4 is 23.3 Å². The maximum Gasteiger partial charge on any atom is 0.337 e. The molecule has 0 heterocycles. The maximum atomic E-state index is 10.2. The van der Waals surface area contributed by atoms with Gasteiger partial charge in [0.25, 0.3) is 0 Å². The van der Waals surface area contributed by atoms with Crippen molar-refractivity contribution in [3.05, 3.63) is 35.9 Å². The lowest BCUT2D eigenvalue weighted by Crippen LogP contribution is -2.09. The number of aliphatic carboxylic acids is 1. The summed E-state index contributed by atoms with van der Waals surface area (Å²) in [5.41, 5.74) is 0.403. The Bertz CT molecular complexity index is 248. The highest BCUT2D eigenvalue weighted by Crippen LogP contribution is 2.10. The molecule has 0 aromatic heterocycles. The Morgan fingerprint density at radius 2 is 1.75 bits per heavy atom. The Morgan fingerprint density at radius 3 is 2.17 bits per heavy atom. The predicted octanol–water partition coefficient (Wildman–Crippen LogP) is -0.379. The first-order valence-electron chi connectivity index (χ1n) is 3.17. The number of benzene rings is 1. The summed E-state index contributed by atoms with van der Waals surface area (Å²) in [6, 6.07) is 8.26. The lowest BCUT2D eigenvalue weighted by atomic mass is 10.1. The molecule has 0 amide bonds. The zero-order valence-corrected chi connectivity index (χ0v) is 5.77. The van der Waals surface area contributed by atoms with E-state index in [1.165, 1.54) is 0 Å². The van der Waals surface area contributed by atoms with Crippen LogP contribution in [0.2, 0.25) is 0 Å². The van der Waals surface area contributed by atoms with Crippen molar-refractivity contribution in [2.45, 2.75) is 6.10 Å². The van der Waals surface area contributed by atoms with E-state index in [0.717, 1.165) is 0 Å². The predicted molar refractivity (Wildman–Crippen MR) is 49.0 cm³/mol. The second kappa shape index (κ2) is 4.94. The van der Waals surface area contributed by atoms with Gasteiger partial charge < -0.3 is 10.2 Å². The number of hydrogen-bond acceptors (Lipinski definition) is 2. The third kappa shape index (κ3) is 2.67. The lowest BCUT2D eigenvalue weighted by molar-refractivity contribution is -0.146. The van der Waals surface area contributed by atoms with E-state index in [2.05, 4.69) is 0 Å². The van der Waals surface area contributed by atoms with E-state index in [1.54, 1.807) is 30.3 Å². The minimum absolute atomic E-state index is 0. The molecule has 0 saturated carbocycles. The Balaban J connectivity index is 0.00000121. The van der Waals surface area contributed by atoms with Crippen molar-refractivity contribution < 1.29 is 15.0 Å². The molecular weight excluding hydrogens is 171 g/mol. The van der Waals surface area contributed by atoms with Crippen molar-refractivity contribution in [2.24, 2.45) is 0 Å². The SMILES string of the molecule is O=C(O)[C@H](O)c1ccccc1.[AlH3]. The second-order valence-corrected chi connectivity index (χ2v) is 2.15. The molecule has 0 radical (unpaired) electrons. The summed E-state index contributed by atoms with van der Waals surface area (Å²) in [5, 5.41) is 17.4. The molecule has 0 spiro atoms. The third-order valence-corrected chi connectivity index (χ3v) is 1.35. The number of aliphatic hydroxyl groups excluding tert-OH is 1. The molecular formula is C8H11AlO3. The van der Waals surface area contributed by atoms with E-state index in [4.69, 9.17) is 10.2 Å². The van der Waals surface area contributed by atoms with Crippen LogP contribution in [0.15, 0.2) is 30.3 Å². The normalized spacial score (nSPS) is 11.4. The average Bonchev–Trinajstić information content (AvgIpc) is 2.05. The van der Waals surface area contributed by atoms with Crippen LogP contribution in [0.5, 0.6) is 0 Å². The van der Waals surface area contributed by atoms with Gasteiger partial charge in [0.1, 0.15) is 0 Å². The first-order valence-corrected chi connectivity index (χ1v) is 3.17. The van der Waals surface area contributed by atoms with Gasteiger partial charge >= 0.3 is 5.97 Å². The molecule has 0 aliphatic rings. The zero-order valence-electron chi connectivity index (χ0n) is 5.77. The molecule has 1 atom stereocenters. The number of carbonyl (C=O) groups is 1. The van der Waals surface area contributed by atoms with Crippen molar-refractivity contribution in [3.8, 4) is 0 Å². The molecule has 4 heteroatoms. The second-order valence-electron chi connectivity index (χ2n) is 2.15. The molecule has 64 valence electrons. The summed E-state index contributed by atoms with van der Waals surface area (Å²) in [5.74, 6) is -1.23. The van der Waals surface area contributed by atoms with Crippen molar-refractivity contribution in [1.82, 2.24) is 0 Å². The van der Waals surface area contributed by atoms with Crippen LogP contribution in [0, 0.1) is 0 Å². The van der Waals surface area contributed by atoms with Crippen LogP contribution in [0.3, 0.4) is 0 Å². The van der Waals surface area contributed by atoms with Gasteiger partial charge in [-0.2, -0.15) is 0 Å². The minimum Gasteiger partial charge on any atom is -0.479 e. The van der Waals surface area contributed by atoms with Crippen LogP contribution in [0.4, 0.5) is 0 Å². The zero-order chi connectivity index (χ0) is 8.27. The highest BCUT2D eigenvalue weighted by Gasteiger charge is 2.14. The highest BCUT2D eigenvalue weighted by atomic mass is 27.0. The van der Waals surface area contributed by atoms with Crippen LogP contribution in [0.1, 0.15) is 11.7 Å². The largest absolute Gasteiger partial charge is 0.479 e. The maximum absolute atomic E-state index is 10.2. The van der Waals surface area contributed by atoms with E-state index in [0.29, 0.717) is 5.56 Å². The van der Waals surface area contributed by atoms with E-state index >= 15 is 0 Å². The van der Waals surface area contributed by atoms with E-state index in [1.807, 2.05) is 0 Å². The van der Waals surface area contributed by atoms with Crippen LogP contribution in [-0.2, 0) is 4.79 Å². The quantitative estimate of drug-likeness (QED) is 0.613. The van der Waals surface area contributed by atoms with E-state index in [-0.39, 0.29) is 17.4 Å². The Labute approximate surface area is 80.8 Å². The fourth-order valence-electron chi connectivity index (χ4n) is 0.778. The minimum atomic E-state index is -1.41. The summed E-state index contributed by atoms with van der Waals surface area (Å²) in [6.45, 7) is 0. The molecule has 1 aromatic rings. The summed E-state index contributed by atoms with van der Waals surface area (Å²) in [4.78, 5) is 10.2. The molecule has 0 bridgehead atoms. The van der Waals surface area contributed by atoms with Crippen LogP contribution in [0.25, 0.3) is 0 Å². The molecule has 2 N–H and O–H groups in total. The monoisotopic (exact) mass is 182 g/mol. The van der Waals surface area contributed by atoms with Gasteiger partial charge in [-0.05, 0) is 5.56 Å². The van der Waals surface area contributed by atoms with Gasteiger partial charge in [0.05, 0.1) is 0 Å². The summed E-state index contributed by atoms with van der Waals surface area (Å²) < 4.78 is 0. The van der Waals surface area contributed by atoms with Crippen molar-refractivity contribution in [1.29, 1.82) is 0 Å². The molecule has 0 aliphatic carbocycles. The summed E-state index contributed by atoms with van der Waals surface area (Å²) in [6.07, 6.45) is -1.41. The van der Waals surface area contributed by atoms with Gasteiger partial charge in [-0.25, -0.2) is 4.79 Å². The average molecular weight is 182 g/mol. The van der Waals surface area contributed by atoms with Crippen molar-refractivity contribution in [3.63, 3.8) is 0 Å². The standard InChI is InChI=1S/C8H8O3.Al.3H/c9-7(8(10)11)6-4-2-1-3-5-6;;;;/h1-5,7,9H,(H,10,11);;;;/t7-;;;;/m1..../s1. The number of carboxylic acids is 1. The fourth-order valence-corrected chi connectivity index (χ4v) is 0.778. The molecule has 1 aromatic carbocycles. The number of rotatable bonds is 2. The third-order valence-electron chi connectivity index (χ3n) is 1.35. The van der Waals surface area contributed by atoms with Gasteiger partial charge in [-0.3, -0.25) is 0 Å². The molecule has 0 saturated heterocycles. The van der Waals surface area contributed by atoms with Gasteiger partial charge in [-0.1, -0.05) is 30.3 Å². The number of hydrogen-bond donors (Lipinski definition) is 2. The topological polar surface area (TPSA) is 57.5 Å². The van der Waals surface area contributed by atoms with Crippen molar-refractivity contribution in [2.75, 3.05) is 0 Å². The molecule has 0 unspecified atom stereocenters. The molecule has 3 nitrogen and oxygen atoms in total. The number of carboxylic acid groups (broad SMARTS) is 1. The molecule has 0 fully saturated rings.